The van der Waals surface area contributed by atoms with Crippen molar-refractivity contribution in [3.8, 4) is 16.9 Å². The molecule has 5 heteroatoms. The Morgan fingerprint density at radius 2 is 1.94 bits per heavy atom. The molecule has 90 valence electrons. The SMILES string of the molecule is COc1ccc(-c2csc3c(Cl)ncnc23)cc1. The van der Waals surface area contributed by atoms with Crippen molar-refractivity contribution in [1.82, 2.24) is 9.97 Å². The van der Waals surface area contributed by atoms with Crippen molar-refractivity contribution >= 4 is 33.2 Å². The van der Waals surface area contributed by atoms with E-state index < -0.39 is 0 Å². The van der Waals surface area contributed by atoms with E-state index in [9.17, 15) is 0 Å². The number of benzene rings is 1. The van der Waals surface area contributed by atoms with Crippen LogP contribution in [-0.4, -0.2) is 17.1 Å². The van der Waals surface area contributed by atoms with E-state index in [1.165, 1.54) is 6.33 Å². The van der Waals surface area contributed by atoms with Crippen molar-refractivity contribution in [2.75, 3.05) is 7.11 Å². The van der Waals surface area contributed by atoms with Gasteiger partial charge in [-0.1, -0.05) is 23.7 Å². The molecular formula is C13H9ClN2OS. The number of nitrogens with zero attached hydrogens (tertiary/aromatic N) is 2. The molecule has 0 saturated carbocycles. The minimum absolute atomic E-state index is 0.504. The van der Waals surface area contributed by atoms with Crippen LogP contribution in [0.5, 0.6) is 5.75 Å². The molecule has 0 amide bonds. The zero-order chi connectivity index (χ0) is 12.5. The highest BCUT2D eigenvalue weighted by Crippen LogP contribution is 2.35. The second-order valence-corrected chi connectivity index (χ2v) is 4.96. The fraction of sp³-hybridized carbons (Fsp3) is 0.0769. The molecule has 0 saturated heterocycles. The first-order chi connectivity index (χ1) is 8.79. The predicted molar refractivity (Wildman–Crippen MR) is 74.4 cm³/mol. The number of ether oxygens (including phenoxy) is 1. The van der Waals surface area contributed by atoms with Crippen LogP contribution in [0.15, 0.2) is 36.0 Å². The smallest absolute Gasteiger partial charge is 0.150 e. The normalized spacial score (nSPS) is 10.8. The van der Waals surface area contributed by atoms with Crippen molar-refractivity contribution in [2.24, 2.45) is 0 Å². The van der Waals surface area contributed by atoms with E-state index in [0.29, 0.717) is 5.15 Å². The molecule has 2 aromatic heterocycles. The average Bonchev–Trinajstić information content (AvgIpc) is 2.84. The lowest BCUT2D eigenvalue weighted by Crippen LogP contribution is -1.84. The monoisotopic (exact) mass is 276 g/mol. The van der Waals surface area contributed by atoms with Gasteiger partial charge < -0.3 is 4.74 Å². The molecule has 3 nitrogen and oxygen atoms in total. The van der Waals surface area contributed by atoms with E-state index in [1.54, 1.807) is 18.4 Å². The van der Waals surface area contributed by atoms with Crippen LogP contribution < -0.4 is 4.74 Å². The van der Waals surface area contributed by atoms with Crippen LogP contribution in [0.2, 0.25) is 5.15 Å². The first-order valence-electron chi connectivity index (χ1n) is 5.31. The fourth-order valence-corrected chi connectivity index (χ4v) is 2.97. The summed E-state index contributed by atoms with van der Waals surface area (Å²) >= 11 is 7.60. The summed E-state index contributed by atoms with van der Waals surface area (Å²) in [4.78, 5) is 8.29. The summed E-state index contributed by atoms with van der Waals surface area (Å²) in [5, 5.41) is 2.55. The Kier molecular flexibility index (Phi) is 2.89. The van der Waals surface area contributed by atoms with Crippen LogP contribution in [0.3, 0.4) is 0 Å². The number of halogens is 1. The Balaban J connectivity index is 2.16. The minimum atomic E-state index is 0.504. The van der Waals surface area contributed by atoms with Crippen LogP contribution in [0.4, 0.5) is 0 Å². The van der Waals surface area contributed by atoms with Gasteiger partial charge in [-0.25, -0.2) is 9.97 Å². The number of rotatable bonds is 2. The van der Waals surface area contributed by atoms with E-state index in [1.807, 2.05) is 29.6 Å². The molecule has 0 radical (unpaired) electrons. The zero-order valence-electron chi connectivity index (χ0n) is 9.55. The molecule has 0 N–H and O–H groups in total. The summed E-state index contributed by atoms with van der Waals surface area (Å²) in [5.74, 6) is 0.839. The summed E-state index contributed by atoms with van der Waals surface area (Å²) < 4.78 is 6.07. The second-order valence-electron chi connectivity index (χ2n) is 3.72. The van der Waals surface area contributed by atoms with Gasteiger partial charge >= 0.3 is 0 Å². The van der Waals surface area contributed by atoms with E-state index in [-0.39, 0.29) is 0 Å². The number of fused-ring (bicyclic) bond motifs is 1. The third-order valence-corrected chi connectivity index (χ3v) is 4.09. The molecule has 18 heavy (non-hydrogen) atoms. The first kappa shape index (κ1) is 11.4. The number of methoxy groups -OCH3 is 1. The number of hydrogen-bond acceptors (Lipinski definition) is 4. The molecule has 1 aromatic carbocycles. The molecule has 3 rings (SSSR count). The maximum absolute atomic E-state index is 6.04. The lowest BCUT2D eigenvalue weighted by atomic mass is 10.1. The molecule has 2 heterocycles. The molecule has 0 unspecified atom stereocenters. The van der Waals surface area contributed by atoms with Crippen molar-refractivity contribution in [3.05, 3.63) is 41.1 Å². The summed E-state index contributed by atoms with van der Waals surface area (Å²) in [7, 11) is 1.65. The Bertz CT molecular complexity index is 694. The average molecular weight is 277 g/mol. The largest absolute Gasteiger partial charge is 0.497 e. The number of aromatic nitrogens is 2. The Morgan fingerprint density at radius 3 is 2.67 bits per heavy atom. The summed E-state index contributed by atoms with van der Waals surface area (Å²) in [6.45, 7) is 0. The van der Waals surface area contributed by atoms with Crippen LogP contribution in [-0.2, 0) is 0 Å². The molecule has 0 aliphatic rings. The molecule has 0 bridgehead atoms. The third-order valence-electron chi connectivity index (χ3n) is 2.71. The zero-order valence-corrected chi connectivity index (χ0v) is 11.1. The van der Waals surface area contributed by atoms with Gasteiger partial charge in [-0.3, -0.25) is 0 Å². The maximum Gasteiger partial charge on any atom is 0.150 e. The molecule has 0 aliphatic carbocycles. The summed E-state index contributed by atoms with van der Waals surface area (Å²) in [5.41, 5.74) is 3.06. The van der Waals surface area contributed by atoms with Crippen molar-refractivity contribution in [3.63, 3.8) is 0 Å². The standard InChI is InChI=1S/C13H9ClN2OS/c1-17-9-4-2-8(3-5-9)10-6-18-12-11(10)15-7-16-13(12)14/h2-7H,1H3. The van der Waals surface area contributed by atoms with E-state index in [0.717, 1.165) is 27.1 Å². The minimum Gasteiger partial charge on any atom is -0.497 e. The quantitative estimate of drug-likeness (QED) is 0.663. The van der Waals surface area contributed by atoms with Crippen molar-refractivity contribution in [1.29, 1.82) is 0 Å². The number of thiophene rings is 1. The highest BCUT2D eigenvalue weighted by atomic mass is 35.5. The molecule has 0 fully saturated rings. The number of hydrogen-bond donors (Lipinski definition) is 0. The Morgan fingerprint density at radius 1 is 1.17 bits per heavy atom. The van der Waals surface area contributed by atoms with Gasteiger partial charge in [0.15, 0.2) is 0 Å². The van der Waals surface area contributed by atoms with Gasteiger partial charge in [0.05, 0.1) is 17.3 Å². The molecule has 3 aromatic rings. The molecule has 0 spiro atoms. The van der Waals surface area contributed by atoms with Crippen molar-refractivity contribution in [2.45, 2.75) is 0 Å². The lowest BCUT2D eigenvalue weighted by molar-refractivity contribution is 0.415. The van der Waals surface area contributed by atoms with Gasteiger partial charge in [0.1, 0.15) is 17.2 Å². The summed E-state index contributed by atoms with van der Waals surface area (Å²) in [6, 6.07) is 7.88. The molecular weight excluding hydrogens is 268 g/mol. The van der Waals surface area contributed by atoms with Gasteiger partial charge in [0.25, 0.3) is 0 Å². The maximum atomic E-state index is 6.04. The van der Waals surface area contributed by atoms with Gasteiger partial charge in [0, 0.05) is 10.9 Å². The topological polar surface area (TPSA) is 35.0 Å². The van der Waals surface area contributed by atoms with E-state index >= 15 is 0 Å². The molecule has 0 atom stereocenters. The van der Waals surface area contributed by atoms with Gasteiger partial charge in [-0.15, -0.1) is 11.3 Å². The van der Waals surface area contributed by atoms with Gasteiger partial charge in [0.2, 0.25) is 0 Å². The van der Waals surface area contributed by atoms with Crippen molar-refractivity contribution < 1.29 is 4.74 Å². The molecule has 0 aliphatic heterocycles. The Hall–Kier alpha value is -1.65. The van der Waals surface area contributed by atoms with Crippen LogP contribution in [0, 0.1) is 0 Å². The van der Waals surface area contributed by atoms with Crippen LogP contribution in [0.25, 0.3) is 21.3 Å². The lowest BCUT2D eigenvalue weighted by Gasteiger charge is -2.02. The Labute approximate surface area is 113 Å². The third kappa shape index (κ3) is 1.83. The summed E-state index contributed by atoms with van der Waals surface area (Å²) in [6.07, 6.45) is 1.49. The second kappa shape index (κ2) is 4.55. The predicted octanol–water partition coefficient (Wildman–Crippen LogP) is 4.02. The van der Waals surface area contributed by atoms with E-state index in [4.69, 9.17) is 16.3 Å². The highest BCUT2D eigenvalue weighted by molar-refractivity contribution is 7.18. The van der Waals surface area contributed by atoms with E-state index in [2.05, 4.69) is 9.97 Å². The van der Waals surface area contributed by atoms with Crippen LogP contribution in [0.1, 0.15) is 0 Å². The fourth-order valence-electron chi connectivity index (χ4n) is 1.80. The van der Waals surface area contributed by atoms with Gasteiger partial charge in [-0.05, 0) is 17.7 Å². The van der Waals surface area contributed by atoms with Gasteiger partial charge in [-0.2, -0.15) is 0 Å². The van der Waals surface area contributed by atoms with Crippen LogP contribution >= 0.6 is 22.9 Å². The first-order valence-corrected chi connectivity index (χ1v) is 6.57. The highest BCUT2D eigenvalue weighted by Gasteiger charge is 2.10.